The van der Waals surface area contributed by atoms with Crippen molar-refractivity contribution in [2.75, 3.05) is 7.11 Å². The quantitative estimate of drug-likeness (QED) is 0.558. The van der Waals surface area contributed by atoms with Crippen molar-refractivity contribution in [3.05, 3.63) is 22.8 Å². The molecule has 0 saturated heterocycles. The number of rotatable bonds is 1. The topological polar surface area (TPSA) is 26.3 Å². The van der Waals surface area contributed by atoms with Gasteiger partial charge in [-0.25, -0.2) is 4.79 Å². The Hall–Kier alpha value is -1.05. The summed E-state index contributed by atoms with van der Waals surface area (Å²) < 4.78 is 4.69. The molecule has 1 aliphatic rings. The van der Waals surface area contributed by atoms with Crippen molar-refractivity contribution in [1.29, 1.82) is 0 Å². The summed E-state index contributed by atoms with van der Waals surface area (Å²) >= 11 is 0. The fourth-order valence-electron chi connectivity index (χ4n) is 1.51. The molecule has 2 heteroatoms. The number of carbonyl (C=O) groups is 1. The summed E-state index contributed by atoms with van der Waals surface area (Å²) in [5.41, 5.74) is 2.95. The Balaban J connectivity index is 2.98. The summed E-state index contributed by atoms with van der Waals surface area (Å²) in [6.07, 6.45) is 4.10. The third kappa shape index (κ3) is 1.58. The molecule has 0 aromatic rings. The number of hydrogen-bond acceptors (Lipinski definition) is 2. The molecule has 0 atom stereocenters. The molecule has 0 aliphatic heterocycles. The monoisotopic (exact) mass is 166 g/mol. The minimum atomic E-state index is -0.207. The van der Waals surface area contributed by atoms with Gasteiger partial charge in [0.05, 0.1) is 12.7 Å². The molecular weight excluding hydrogens is 152 g/mol. The highest BCUT2D eigenvalue weighted by Crippen LogP contribution is 2.25. The third-order valence-corrected chi connectivity index (χ3v) is 2.18. The molecule has 0 amide bonds. The molecule has 1 rings (SSSR count). The summed E-state index contributed by atoms with van der Waals surface area (Å²) in [6.45, 7) is 3.94. The van der Waals surface area contributed by atoms with Crippen LogP contribution in [0.4, 0.5) is 0 Å². The van der Waals surface area contributed by atoms with Gasteiger partial charge in [0.2, 0.25) is 0 Å². The first-order valence-electron chi connectivity index (χ1n) is 4.12. The maximum atomic E-state index is 11.3. The van der Waals surface area contributed by atoms with Gasteiger partial charge in [0.25, 0.3) is 0 Å². The molecule has 2 nitrogen and oxygen atoms in total. The maximum Gasteiger partial charge on any atom is 0.338 e. The molecule has 66 valence electrons. The lowest BCUT2D eigenvalue weighted by atomic mass is 9.93. The van der Waals surface area contributed by atoms with E-state index in [0.29, 0.717) is 0 Å². The Morgan fingerprint density at radius 3 is 2.67 bits per heavy atom. The Labute approximate surface area is 72.9 Å². The van der Waals surface area contributed by atoms with Gasteiger partial charge in [-0.1, -0.05) is 11.6 Å². The van der Waals surface area contributed by atoms with E-state index in [-0.39, 0.29) is 5.97 Å². The molecule has 0 spiro atoms. The molecular formula is C10H14O2. The highest BCUT2D eigenvalue weighted by Gasteiger charge is 2.17. The second-order valence-electron chi connectivity index (χ2n) is 3.07. The molecule has 0 saturated carbocycles. The first kappa shape index (κ1) is 9.04. The maximum absolute atomic E-state index is 11.3. The van der Waals surface area contributed by atoms with Gasteiger partial charge in [-0.3, -0.25) is 0 Å². The van der Waals surface area contributed by atoms with Gasteiger partial charge in [-0.2, -0.15) is 0 Å². The van der Waals surface area contributed by atoms with Crippen LogP contribution in [0.1, 0.15) is 26.7 Å². The lowest BCUT2D eigenvalue weighted by molar-refractivity contribution is -0.135. The van der Waals surface area contributed by atoms with Gasteiger partial charge >= 0.3 is 5.97 Å². The summed E-state index contributed by atoms with van der Waals surface area (Å²) in [5.74, 6) is -0.207. The van der Waals surface area contributed by atoms with Crippen LogP contribution in [0.2, 0.25) is 0 Å². The van der Waals surface area contributed by atoms with Crippen molar-refractivity contribution in [3.8, 4) is 0 Å². The SMILES string of the molecule is COC(=O)C1=C(C)CCC=C1C. The van der Waals surface area contributed by atoms with Crippen LogP contribution in [0, 0.1) is 0 Å². The molecule has 0 aromatic carbocycles. The molecule has 12 heavy (non-hydrogen) atoms. The van der Waals surface area contributed by atoms with Crippen LogP contribution >= 0.6 is 0 Å². The predicted octanol–water partition coefficient (Wildman–Crippen LogP) is 2.22. The van der Waals surface area contributed by atoms with Gasteiger partial charge in [0.15, 0.2) is 0 Å². The molecule has 0 heterocycles. The summed E-state index contributed by atoms with van der Waals surface area (Å²) in [5, 5.41) is 0. The second-order valence-corrected chi connectivity index (χ2v) is 3.07. The molecule has 0 fully saturated rings. The van der Waals surface area contributed by atoms with Crippen molar-refractivity contribution >= 4 is 5.97 Å². The van der Waals surface area contributed by atoms with Crippen molar-refractivity contribution in [2.24, 2.45) is 0 Å². The van der Waals surface area contributed by atoms with E-state index in [1.54, 1.807) is 0 Å². The van der Waals surface area contributed by atoms with Crippen molar-refractivity contribution < 1.29 is 9.53 Å². The second kappa shape index (κ2) is 3.57. The normalized spacial score (nSPS) is 17.4. The number of hydrogen-bond donors (Lipinski definition) is 0. The Kier molecular flexibility index (Phi) is 2.69. The van der Waals surface area contributed by atoms with E-state index in [4.69, 9.17) is 4.74 Å². The van der Waals surface area contributed by atoms with E-state index < -0.39 is 0 Å². The van der Waals surface area contributed by atoms with Gasteiger partial charge in [0.1, 0.15) is 0 Å². The standard InChI is InChI=1S/C10H14O2/c1-7-5-4-6-8(2)9(7)10(11)12-3/h5H,4,6H2,1-3H3. The van der Waals surface area contributed by atoms with E-state index in [9.17, 15) is 4.79 Å². The van der Waals surface area contributed by atoms with Gasteiger partial charge < -0.3 is 4.74 Å². The van der Waals surface area contributed by atoms with E-state index in [1.165, 1.54) is 7.11 Å². The van der Waals surface area contributed by atoms with Crippen LogP contribution in [0.25, 0.3) is 0 Å². The first-order valence-corrected chi connectivity index (χ1v) is 4.12. The minimum Gasteiger partial charge on any atom is -0.465 e. The van der Waals surface area contributed by atoms with Crippen molar-refractivity contribution in [2.45, 2.75) is 26.7 Å². The largest absolute Gasteiger partial charge is 0.465 e. The zero-order chi connectivity index (χ0) is 9.14. The van der Waals surface area contributed by atoms with E-state index >= 15 is 0 Å². The van der Waals surface area contributed by atoms with Crippen molar-refractivity contribution in [1.82, 2.24) is 0 Å². The smallest absolute Gasteiger partial charge is 0.338 e. The lowest BCUT2D eigenvalue weighted by Crippen LogP contribution is -2.10. The fraction of sp³-hybridized carbons (Fsp3) is 0.500. The minimum absolute atomic E-state index is 0.207. The van der Waals surface area contributed by atoms with Crippen molar-refractivity contribution in [3.63, 3.8) is 0 Å². The van der Waals surface area contributed by atoms with Gasteiger partial charge in [-0.05, 0) is 32.3 Å². The van der Waals surface area contributed by atoms with E-state index in [0.717, 1.165) is 29.6 Å². The fourth-order valence-corrected chi connectivity index (χ4v) is 1.51. The molecule has 0 bridgehead atoms. The van der Waals surface area contributed by atoms with Crippen LogP contribution in [-0.2, 0) is 9.53 Å². The summed E-state index contributed by atoms with van der Waals surface area (Å²) in [6, 6.07) is 0. The zero-order valence-electron chi connectivity index (χ0n) is 7.81. The highest BCUT2D eigenvalue weighted by molar-refractivity contribution is 5.94. The number of allylic oxidation sites excluding steroid dienone is 2. The number of ether oxygens (including phenoxy) is 1. The number of carbonyl (C=O) groups excluding carboxylic acids is 1. The Morgan fingerprint density at radius 1 is 1.50 bits per heavy atom. The van der Waals surface area contributed by atoms with Crippen LogP contribution in [0.5, 0.6) is 0 Å². The Morgan fingerprint density at radius 2 is 2.17 bits per heavy atom. The lowest BCUT2D eigenvalue weighted by Gasteiger charge is -2.14. The van der Waals surface area contributed by atoms with E-state index in [1.807, 2.05) is 13.8 Å². The van der Waals surface area contributed by atoms with Gasteiger partial charge in [-0.15, -0.1) is 0 Å². The van der Waals surface area contributed by atoms with Crippen LogP contribution < -0.4 is 0 Å². The van der Waals surface area contributed by atoms with Crippen LogP contribution in [0.15, 0.2) is 22.8 Å². The number of esters is 1. The molecule has 0 unspecified atom stereocenters. The first-order chi connectivity index (χ1) is 5.66. The molecule has 0 radical (unpaired) electrons. The van der Waals surface area contributed by atoms with Crippen LogP contribution in [0.3, 0.4) is 0 Å². The molecule has 1 aliphatic carbocycles. The molecule has 0 N–H and O–H groups in total. The van der Waals surface area contributed by atoms with Gasteiger partial charge in [0, 0.05) is 0 Å². The van der Waals surface area contributed by atoms with E-state index in [2.05, 4.69) is 6.08 Å². The average molecular weight is 166 g/mol. The average Bonchev–Trinajstić information content (AvgIpc) is 2.03. The zero-order valence-corrected chi connectivity index (χ0v) is 7.81. The Bertz CT molecular complexity index is 259. The number of methoxy groups -OCH3 is 1. The third-order valence-electron chi connectivity index (χ3n) is 2.18. The predicted molar refractivity (Wildman–Crippen MR) is 47.7 cm³/mol. The van der Waals surface area contributed by atoms with Crippen LogP contribution in [-0.4, -0.2) is 13.1 Å². The molecule has 0 aromatic heterocycles. The summed E-state index contributed by atoms with van der Waals surface area (Å²) in [4.78, 5) is 11.3. The summed E-state index contributed by atoms with van der Waals surface area (Å²) in [7, 11) is 1.42. The highest BCUT2D eigenvalue weighted by atomic mass is 16.5.